The number of hydrogen-bond acceptors (Lipinski definition) is 4. The van der Waals surface area contributed by atoms with E-state index in [4.69, 9.17) is 14.3 Å². The summed E-state index contributed by atoms with van der Waals surface area (Å²) in [6.07, 6.45) is 4.17. The summed E-state index contributed by atoms with van der Waals surface area (Å²) in [4.78, 5) is 5.29. The van der Waals surface area contributed by atoms with Gasteiger partial charge in [-0.3, -0.25) is 0 Å². The van der Waals surface area contributed by atoms with E-state index in [1.165, 1.54) is 0 Å². The predicted octanol–water partition coefficient (Wildman–Crippen LogP) is 4.38. The second-order valence-corrected chi connectivity index (χ2v) is 4.96. The third kappa shape index (κ3) is 6.48. The molecule has 2 unspecified atom stereocenters. The van der Waals surface area contributed by atoms with E-state index in [0.29, 0.717) is 12.3 Å². The van der Waals surface area contributed by atoms with Crippen molar-refractivity contribution < 1.29 is 14.3 Å². The summed E-state index contributed by atoms with van der Waals surface area (Å²) in [6.45, 7) is 13.6. The number of ether oxygens (including phenoxy) is 2. The number of oxime groups is 1. The van der Waals surface area contributed by atoms with Crippen LogP contribution in [0.1, 0.15) is 27.2 Å². The Morgan fingerprint density at radius 1 is 1.09 bits per heavy atom. The molecule has 120 valence electrons. The van der Waals surface area contributed by atoms with E-state index in [9.17, 15) is 0 Å². The topological polar surface area (TPSA) is 40.0 Å². The summed E-state index contributed by atoms with van der Waals surface area (Å²) in [7, 11) is 0. The second-order valence-electron chi connectivity index (χ2n) is 4.96. The van der Waals surface area contributed by atoms with Gasteiger partial charge in [0.15, 0.2) is 6.10 Å². The molecule has 0 spiro atoms. The molecule has 0 radical (unpaired) electrons. The molecular weight excluding hydrogens is 278 g/mol. The van der Waals surface area contributed by atoms with Crippen LogP contribution in [-0.4, -0.2) is 24.5 Å². The van der Waals surface area contributed by atoms with Gasteiger partial charge in [0.2, 0.25) is 0 Å². The van der Waals surface area contributed by atoms with Crippen LogP contribution in [0.15, 0.2) is 54.7 Å². The zero-order valence-electron chi connectivity index (χ0n) is 13.6. The SMILES string of the molecule is C=CC(C=C)=NOC(C)COc1ccc(OC(C)CC)cc1. The number of benzene rings is 1. The lowest BCUT2D eigenvalue weighted by atomic mass is 10.3. The largest absolute Gasteiger partial charge is 0.491 e. The smallest absolute Gasteiger partial charge is 0.158 e. The standard InChI is InChI=1S/C18H25NO3/c1-6-14(4)21-18-11-9-17(10-12-18)20-13-15(5)22-19-16(7-2)8-3/h7-12,14-15H,2-3,6,13H2,1,4-5H3. The van der Waals surface area contributed by atoms with Crippen LogP contribution in [0.3, 0.4) is 0 Å². The van der Waals surface area contributed by atoms with Gasteiger partial charge in [0.25, 0.3) is 0 Å². The van der Waals surface area contributed by atoms with Gasteiger partial charge in [-0.2, -0.15) is 0 Å². The van der Waals surface area contributed by atoms with E-state index < -0.39 is 0 Å². The first kappa shape index (κ1) is 17.8. The normalized spacial score (nSPS) is 12.7. The highest BCUT2D eigenvalue weighted by molar-refractivity contribution is 6.02. The monoisotopic (exact) mass is 303 g/mol. The van der Waals surface area contributed by atoms with Gasteiger partial charge in [0.05, 0.1) is 6.10 Å². The molecule has 1 aromatic carbocycles. The average Bonchev–Trinajstić information content (AvgIpc) is 2.55. The van der Waals surface area contributed by atoms with Crippen molar-refractivity contribution in [2.24, 2.45) is 5.16 Å². The van der Waals surface area contributed by atoms with E-state index in [0.717, 1.165) is 17.9 Å². The Morgan fingerprint density at radius 3 is 2.23 bits per heavy atom. The van der Waals surface area contributed by atoms with Crippen molar-refractivity contribution in [3.8, 4) is 11.5 Å². The molecule has 0 saturated heterocycles. The molecule has 1 rings (SSSR count). The molecular formula is C18H25NO3. The Kier molecular flexibility index (Phi) is 7.83. The average molecular weight is 303 g/mol. The summed E-state index contributed by atoms with van der Waals surface area (Å²) in [5, 5.41) is 3.91. The van der Waals surface area contributed by atoms with Gasteiger partial charge in [0.1, 0.15) is 23.8 Å². The molecule has 22 heavy (non-hydrogen) atoms. The molecule has 4 nitrogen and oxygen atoms in total. The van der Waals surface area contributed by atoms with Crippen LogP contribution in [0, 0.1) is 0 Å². The summed E-state index contributed by atoms with van der Waals surface area (Å²) in [5.74, 6) is 1.61. The maximum absolute atomic E-state index is 5.72. The molecule has 0 aliphatic rings. The fourth-order valence-electron chi connectivity index (χ4n) is 1.48. The van der Waals surface area contributed by atoms with Crippen LogP contribution in [0.5, 0.6) is 11.5 Å². The van der Waals surface area contributed by atoms with Crippen molar-refractivity contribution in [2.45, 2.75) is 39.4 Å². The molecule has 0 heterocycles. The van der Waals surface area contributed by atoms with Crippen LogP contribution >= 0.6 is 0 Å². The van der Waals surface area contributed by atoms with Gasteiger partial charge < -0.3 is 14.3 Å². The van der Waals surface area contributed by atoms with Crippen molar-refractivity contribution in [1.82, 2.24) is 0 Å². The fraction of sp³-hybridized carbons (Fsp3) is 0.389. The van der Waals surface area contributed by atoms with E-state index in [-0.39, 0.29) is 12.2 Å². The van der Waals surface area contributed by atoms with E-state index in [1.807, 2.05) is 38.1 Å². The van der Waals surface area contributed by atoms with E-state index >= 15 is 0 Å². The molecule has 0 N–H and O–H groups in total. The van der Waals surface area contributed by atoms with Crippen molar-refractivity contribution in [1.29, 1.82) is 0 Å². The van der Waals surface area contributed by atoms with Gasteiger partial charge in [-0.25, -0.2) is 0 Å². The number of hydrogen-bond donors (Lipinski definition) is 0. The predicted molar refractivity (Wildman–Crippen MR) is 90.7 cm³/mol. The fourth-order valence-corrected chi connectivity index (χ4v) is 1.48. The maximum atomic E-state index is 5.72. The molecule has 0 fully saturated rings. The Hall–Kier alpha value is -2.23. The highest BCUT2D eigenvalue weighted by atomic mass is 16.6. The molecule has 0 saturated carbocycles. The summed E-state index contributed by atoms with van der Waals surface area (Å²) < 4.78 is 11.4. The Balaban J connectivity index is 2.42. The highest BCUT2D eigenvalue weighted by Crippen LogP contribution is 2.19. The van der Waals surface area contributed by atoms with Gasteiger partial charge in [-0.05, 0) is 56.7 Å². The van der Waals surface area contributed by atoms with E-state index in [1.54, 1.807) is 12.2 Å². The molecule has 0 aromatic heterocycles. The second kappa shape index (κ2) is 9.66. The molecule has 2 atom stereocenters. The Morgan fingerprint density at radius 2 is 1.68 bits per heavy atom. The molecule has 0 aliphatic heterocycles. The molecule has 4 heteroatoms. The van der Waals surface area contributed by atoms with Crippen LogP contribution in [0.4, 0.5) is 0 Å². The zero-order chi connectivity index (χ0) is 16.4. The van der Waals surface area contributed by atoms with Crippen LogP contribution in [0.25, 0.3) is 0 Å². The maximum Gasteiger partial charge on any atom is 0.158 e. The lowest BCUT2D eigenvalue weighted by Crippen LogP contribution is -2.16. The van der Waals surface area contributed by atoms with Gasteiger partial charge >= 0.3 is 0 Å². The summed E-state index contributed by atoms with van der Waals surface area (Å²) in [5.41, 5.74) is 0.596. The van der Waals surface area contributed by atoms with Gasteiger partial charge in [-0.1, -0.05) is 25.2 Å². The lowest BCUT2D eigenvalue weighted by Gasteiger charge is -2.14. The third-order valence-corrected chi connectivity index (χ3v) is 2.98. The van der Waals surface area contributed by atoms with Gasteiger partial charge in [0, 0.05) is 0 Å². The molecule has 0 aliphatic carbocycles. The number of rotatable bonds is 10. The van der Waals surface area contributed by atoms with Crippen molar-refractivity contribution in [3.63, 3.8) is 0 Å². The molecule has 0 amide bonds. The summed E-state index contributed by atoms with van der Waals surface area (Å²) >= 11 is 0. The molecule has 1 aromatic rings. The minimum absolute atomic E-state index is 0.175. The first-order valence-electron chi connectivity index (χ1n) is 7.47. The van der Waals surface area contributed by atoms with Crippen LogP contribution < -0.4 is 9.47 Å². The first-order chi connectivity index (χ1) is 10.6. The van der Waals surface area contributed by atoms with Crippen molar-refractivity contribution in [2.75, 3.05) is 6.61 Å². The zero-order valence-corrected chi connectivity index (χ0v) is 13.6. The molecule has 0 bridgehead atoms. The van der Waals surface area contributed by atoms with Gasteiger partial charge in [-0.15, -0.1) is 0 Å². The van der Waals surface area contributed by atoms with Crippen molar-refractivity contribution >= 4 is 5.71 Å². The van der Waals surface area contributed by atoms with Crippen LogP contribution in [0.2, 0.25) is 0 Å². The number of nitrogens with zero attached hydrogens (tertiary/aromatic N) is 1. The van der Waals surface area contributed by atoms with Crippen LogP contribution in [-0.2, 0) is 4.84 Å². The first-order valence-corrected chi connectivity index (χ1v) is 7.47. The Bertz CT molecular complexity index is 484. The minimum atomic E-state index is -0.175. The Labute approximate surface area is 133 Å². The number of allylic oxidation sites excluding steroid dienone is 2. The van der Waals surface area contributed by atoms with E-state index in [2.05, 4.69) is 25.2 Å². The van der Waals surface area contributed by atoms with Crippen molar-refractivity contribution in [3.05, 3.63) is 49.6 Å². The minimum Gasteiger partial charge on any atom is -0.491 e. The third-order valence-electron chi connectivity index (χ3n) is 2.98. The highest BCUT2D eigenvalue weighted by Gasteiger charge is 2.05. The quantitative estimate of drug-likeness (QED) is 0.476. The lowest BCUT2D eigenvalue weighted by molar-refractivity contribution is 0.0370. The summed E-state index contributed by atoms with van der Waals surface area (Å²) in [6, 6.07) is 7.57.